The Balaban J connectivity index is 1.77. The van der Waals surface area contributed by atoms with Gasteiger partial charge in [-0.25, -0.2) is 13.1 Å². The number of halogens is 1. The van der Waals surface area contributed by atoms with Crippen molar-refractivity contribution in [2.45, 2.75) is 30.0 Å². The van der Waals surface area contributed by atoms with Crippen LogP contribution in [0.25, 0.3) is 0 Å². The molecule has 0 saturated carbocycles. The van der Waals surface area contributed by atoms with Gasteiger partial charge in [0.2, 0.25) is 16.0 Å². The molecule has 0 aliphatic carbocycles. The lowest BCUT2D eigenvalue weighted by Crippen LogP contribution is -2.32. The van der Waals surface area contributed by atoms with E-state index in [1.54, 1.807) is 12.1 Å². The Labute approximate surface area is 158 Å². The normalized spacial score (nSPS) is 15.4. The van der Waals surface area contributed by atoms with Gasteiger partial charge in [0.25, 0.3) is 0 Å². The third-order valence-electron chi connectivity index (χ3n) is 3.70. The second-order valence-electron chi connectivity index (χ2n) is 5.47. The third-order valence-corrected chi connectivity index (χ3v) is 7.22. The van der Waals surface area contributed by atoms with Crippen LogP contribution in [0.3, 0.4) is 0 Å². The van der Waals surface area contributed by atoms with Gasteiger partial charge in [-0.2, -0.15) is 15.0 Å². The fraction of sp³-hybridized carbons (Fsp3) is 0.500. The number of piperidine rings is 1. The van der Waals surface area contributed by atoms with Crippen molar-refractivity contribution in [1.82, 2.24) is 19.7 Å². The summed E-state index contributed by atoms with van der Waals surface area (Å²) in [6.45, 7) is 1.72. The molecule has 2 aromatic heterocycles. The first-order valence-corrected chi connectivity index (χ1v) is 10.9. The molecule has 1 fully saturated rings. The predicted molar refractivity (Wildman–Crippen MR) is 98.5 cm³/mol. The zero-order valence-corrected chi connectivity index (χ0v) is 16.8. The molecule has 1 aliphatic heterocycles. The van der Waals surface area contributed by atoms with Gasteiger partial charge in [0.1, 0.15) is 4.21 Å². The van der Waals surface area contributed by atoms with Gasteiger partial charge in [-0.1, -0.05) is 0 Å². The smallest absolute Gasteiger partial charge is 0.321 e. The highest BCUT2D eigenvalue weighted by molar-refractivity contribution is 9.11. The van der Waals surface area contributed by atoms with Gasteiger partial charge >= 0.3 is 6.01 Å². The van der Waals surface area contributed by atoms with Crippen molar-refractivity contribution in [3.63, 3.8) is 0 Å². The number of anilines is 1. The lowest BCUT2D eigenvalue weighted by molar-refractivity contribution is 0.374. The molecule has 0 unspecified atom stereocenters. The average molecular weight is 448 g/mol. The number of nitrogens with one attached hydrogen (secondary N) is 1. The SMILES string of the molecule is COc1nc(CNS(=O)(=O)c2ccc(Br)s2)nc(N2CCCCC2)n1. The molecule has 136 valence electrons. The molecule has 0 spiro atoms. The number of thiophene rings is 1. The van der Waals surface area contributed by atoms with Crippen LogP contribution in [0.15, 0.2) is 20.1 Å². The van der Waals surface area contributed by atoms with Crippen molar-refractivity contribution in [1.29, 1.82) is 0 Å². The Morgan fingerprint density at radius 3 is 2.64 bits per heavy atom. The molecule has 0 radical (unpaired) electrons. The van der Waals surface area contributed by atoms with Crippen molar-refractivity contribution < 1.29 is 13.2 Å². The zero-order valence-electron chi connectivity index (χ0n) is 13.6. The minimum absolute atomic E-state index is 0.0302. The summed E-state index contributed by atoms with van der Waals surface area (Å²) >= 11 is 4.41. The summed E-state index contributed by atoms with van der Waals surface area (Å²) in [4.78, 5) is 14.9. The molecule has 8 nitrogen and oxygen atoms in total. The van der Waals surface area contributed by atoms with Gasteiger partial charge in [0.15, 0.2) is 5.82 Å². The molecule has 0 atom stereocenters. The van der Waals surface area contributed by atoms with Crippen molar-refractivity contribution in [3.8, 4) is 6.01 Å². The topological polar surface area (TPSA) is 97.3 Å². The maximum atomic E-state index is 12.3. The van der Waals surface area contributed by atoms with E-state index in [4.69, 9.17) is 4.74 Å². The van der Waals surface area contributed by atoms with E-state index in [1.165, 1.54) is 13.5 Å². The number of aromatic nitrogens is 3. The van der Waals surface area contributed by atoms with E-state index in [2.05, 4.69) is 40.5 Å². The molecule has 3 heterocycles. The number of methoxy groups -OCH3 is 1. The third kappa shape index (κ3) is 4.66. The van der Waals surface area contributed by atoms with E-state index in [9.17, 15) is 8.42 Å². The highest BCUT2D eigenvalue weighted by Crippen LogP contribution is 2.26. The van der Waals surface area contributed by atoms with Crippen LogP contribution in [0, 0.1) is 0 Å². The van der Waals surface area contributed by atoms with Gasteiger partial charge in [-0.05, 0) is 47.3 Å². The van der Waals surface area contributed by atoms with Crippen LogP contribution < -0.4 is 14.4 Å². The molecule has 2 aromatic rings. The number of hydrogen-bond donors (Lipinski definition) is 1. The molecule has 11 heteroatoms. The molecule has 0 bridgehead atoms. The van der Waals surface area contributed by atoms with Crippen LogP contribution in [0.2, 0.25) is 0 Å². The van der Waals surface area contributed by atoms with Crippen LogP contribution in [0.4, 0.5) is 5.95 Å². The summed E-state index contributed by atoms with van der Waals surface area (Å²) in [6, 6.07) is 3.42. The molecule has 3 rings (SSSR count). The molecule has 1 saturated heterocycles. The zero-order chi connectivity index (χ0) is 17.9. The van der Waals surface area contributed by atoms with E-state index in [-0.39, 0.29) is 16.8 Å². The molecular weight excluding hydrogens is 430 g/mol. The van der Waals surface area contributed by atoms with Crippen molar-refractivity contribution in [3.05, 3.63) is 21.7 Å². The van der Waals surface area contributed by atoms with Crippen LogP contribution in [0.5, 0.6) is 6.01 Å². The van der Waals surface area contributed by atoms with Crippen LogP contribution in [-0.2, 0) is 16.6 Å². The summed E-state index contributed by atoms with van der Waals surface area (Å²) in [5.41, 5.74) is 0. The predicted octanol–water partition coefficient (Wildman–Crippen LogP) is 2.17. The first-order chi connectivity index (χ1) is 12.0. The largest absolute Gasteiger partial charge is 0.467 e. The summed E-state index contributed by atoms with van der Waals surface area (Å²) in [6.07, 6.45) is 3.37. The highest BCUT2D eigenvalue weighted by Gasteiger charge is 2.19. The Morgan fingerprint density at radius 1 is 1.24 bits per heavy atom. The van der Waals surface area contributed by atoms with Gasteiger partial charge < -0.3 is 9.64 Å². The Hall–Kier alpha value is -1.30. The fourth-order valence-corrected chi connectivity index (χ4v) is 5.50. The number of ether oxygens (including phenoxy) is 1. The molecule has 25 heavy (non-hydrogen) atoms. The maximum Gasteiger partial charge on any atom is 0.321 e. The quantitative estimate of drug-likeness (QED) is 0.724. The summed E-state index contributed by atoms with van der Waals surface area (Å²) < 4.78 is 33.3. The van der Waals surface area contributed by atoms with Crippen LogP contribution in [0.1, 0.15) is 25.1 Å². The average Bonchev–Trinajstić information content (AvgIpc) is 3.08. The van der Waals surface area contributed by atoms with Crippen molar-refractivity contribution >= 4 is 43.2 Å². The highest BCUT2D eigenvalue weighted by atomic mass is 79.9. The number of sulfonamides is 1. The van der Waals surface area contributed by atoms with Gasteiger partial charge in [-0.3, -0.25) is 0 Å². The van der Waals surface area contributed by atoms with E-state index < -0.39 is 10.0 Å². The minimum atomic E-state index is -3.61. The van der Waals surface area contributed by atoms with Gasteiger partial charge in [-0.15, -0.1) is 11.3 Å². The van der Waals surface area contributed by atoms with Crippen LogP contribution >= 0.6 is 27.3 Å². The van der Waals surface area contributed by atoms with E-state index in [1.807, 2.05) is 0 Å². The monoisotopic (exact) mass is 447 g/mol. The standard InChI is InChI=1S/C14H18BrN5O3S2/c1-23-14-18-11(17-13(19-14)20-7-3-2-4-8-20)9-16-25(21,22)12-6-5-10(15)24-12/h5-6,16H,2-4,7-9H2,1H3. The molecular formula is C14H18BrN5O3S2. The maximum absolute atomic E-state index is 12.3. The lowest BCUT2D eigenvalue weighted by atomic mass is 10.1. The molecule has 1 aliphatic rings. The number of rotatable bonds is 6. The van der Waals surface area contributed by atoms with E-state index in [0.29, 0.717) is 11.8 Å². The lowest BCUT2D eigenvalue weighted by Gasteiger charge is -2.26. The minimum Gasteiger partial charge on any atom is -0.467 e. The summed E-state index contributed by atoms with van der Waals surface area (Å²) in [7, 11) is -2.13. The van der Waals surface area contributed by atoms with Crippen molar-refractivity contribution in [2.75, 3.05) is 25.1 Å². The summed E-state index contributed by atoms with van der Waals surface area (Å²) in [5, 5.41) is 0. The molecule has 1 N–H and O–H groups in total. The van der Waals surface area contributed by atoms with Crippen molar-refractivity contribution in [2.24, 2.45) is 0 Å². The van der Waals surface area contributed by atoms with Gasteiger partial charge in [0, 0.05) is 13.1 Å². The van der Waals surface area contributed by atoms with Gasteiger partial charge in [0.05, 0.1) is 17.4 Å². The summed E-state index contributed by atoms with van der Waals surface area (Å²) in [5.74, 6) is 0.853. The second-order valence-corrected chi connectivity index (χ2v) is 9.93. The first kappa shape index (κ1) is 18.5. The first-order valence-electron chi connectivity index (χ1n) is 7.77. The molecule has 0 amide bonds. The number of hydrogen-bond acceptors (Lipinski definition) is 8. The Morgan fingerprint density at radius 2 is 2.00 bits per heavy atom. The number of nitrogens with zero attached hydrogens (tertiary/aromatic N) is 4. The Kier molecular flexibility index (Phi) is 5.87. The van der Waals surface area contributed by atoms with E-state index in [0.717, 1.165) is 41.1 Å². The van der Waals surface area contributed by atoms with E-state index >= 15 is 0 Å². The molecule has 0 aromatic carbocycles. The Bertz CT molecular complexity index is 837. The second kappa shape index (κ2) is 7.94. The fourth-order valence-electron chi connectivity index (χ4n) is 2.46. The van der Waals surface area contributed by atoms with Crippen LogP contribution in [-0.4, -0.2) is 43.6 Å².